The van der Waals surface area contributed by atoms with Crippen LogP contribution < -0.4 is 10.2 Å². The lowest BCUT2D eigenvalue weighted by Crippen LogP contribution is -2.55. The molecule has 0 spiro atoms. The van der Waals surface area contributed by atoms with E-state index in [1.54, 1.807) is 11.3 Å². The molecule has 2 atom stereocenters. The van der Waals surface area contributed by atoms with Crippen LogP contribution in [0.15, 0.2) is 54.0 Å². The van der Waals surface area contributed by atoms with Crippen molar-refractivity contribution in [3.63, 3.8) is 0 Å². The number of carbonyl (C=O) groups excluding carboxylic acids is 1. The minimum absolute atomic E-state index is 0.0617. The maximum atomic E-state index is 13.1. The van der Waals surface area contributed by atoms with Crippen molar-refractivity contribution in [1.82, 2.24) is 9.88 Å². The fourth-order valence-corrected chi connectivity index (χ4v) is 5.26. The van der Waals surface area contributed by atoms with Crippen LogP contribution in [0.3, 0.4) is 0 Å². The molecule has 0 aliphatic carbocycles. The number of benzene rings is 2. The summed E-state index contributed by atoms with van der Waals surface area (Å²) in [5.41, 5.74) is 3.80. The van der Waals surface area contributed by atoms with Crippen molar-refractivity contribution >= 4 is 49.6 Å². The van der Waals surface area contributed by atoms with Crippen LogP contribution in [0.1, 0.15) is 24.2 Å². The van der Waals surface area contributed by atoms with Gasteiger partial charge >= 0.3 is 0 Å². The fourth-order valence-electron chi connectivity index (χ4n) is 4.33. The molecular weight excluding hydrogens is 392 g/mol. The summed E-state index contributed by atoms with van der Waals surface area (Å²) in [6.07, 6.45) is 1.91. The molecule has 1 aliphatic heterocycles. The minimum atomic E-state index is -0.0617. The number of H-pyrrole nitrogens is 1. The van der Waals surface area contributed by atoms with E-state index >= 15 is 0 Å². The molecule has 1 saturated heterocycles. The molecule has 5 rings (SSSR count). The number of fused-ring (bicyclic) bond motifs is 2. The van der Waals surface area contributed by atoms with E-state index in [1.807, 2.05) is 35.8 Å². The molecule has 2 N–H and O–H groups in total. The summed E-state index contributed by atoms with van der Waals surface area (Å²) in [6.45, 7) is 6.53. The van der Waals surface area contributed by atoms with Crippen molar-refractivity contribution in [1.29, 1.82) is 0 Å². The maximum absolute atomic E-state index is 13.1. The van der Waals surface area contributed by atoms with Crippen molar-refractivity contribution < 1.29 is 4.79 Å². The minimum Gasteiger partial charge on any atom is -0.368 e. The van der Waals surface area contributed by atoms with Crippen LogP contribution in [0.5, 0.6) is 0 Å². The molecule has 1 amide bonds. The average molecular weight is 419 g/mol. The van der Waals surface area contributed by atoms with Gasteiger partial charge in [0.2, 0.25) is 0 Å². The number of hydrogen-bond donors (Lipinski definition) is 2. The summed E-state index contributed by atoms with van der Waals surface area (Å²) in [4.78, 5) is 21.1. The summed E-state index contributed by atoms with van der Waals surface area (Å²) in [6, 6.07) is 15.4. The third-order valence-corrected chi connectivity index (χ3v) is 7.30. The monoisotopic (exact) mass is 418 g/mol. The summed E-state index contributed by atoms with van der Waals surface area (Å²) in [7, 11) is 2.20. The normalized spacial score (nSPS) is 20.2. The molecule has 1 aliphatic rings. The highest BCUT2D eigenvalue weighted by atomic mass is 32.1. The van der Waals surface area contributed by atoms with Crippen LogP contribution in [-0.4, -0.2) is 48.0 Å². The van der Waals surface area contributed by atoms with Gasteiger partial charge in [0, 0.05) is 69.1 Å². The molecule has 5 nitrogen and oxygen atoms in total. The third kappa shape index (κ3) is 3.36. The highest BCUT2D eigenvalue weighted by molar-refractivity contribution is 7.17. The number of thiophene rings is 1. The van der Waals surface area contributed by atoms with Crippen LogP contribution in [0.4, 0.5) is 11.4 Å². The van der Waals surface area contributed by atoms with Gasteiger partial charge in [-0.15, -0.1) is 11.3 Å². The molecular formula is C24H26N4OS. The number of nitrogens with zero attached hydrogens (tertiary/aromatic N) is 2. The van der Waals surface area contributed by atoms with Crippen LogP contribution in [0.25, 0.3) is 21.0 Å². The molecule has 3 heterocycles. The van der Waals surface area contributed by atoms with E-state index in [4.69, 9.17) is 0 Å². The van der Waals surface area contributed by atoms with E-state index in [0.29, 0.717) is 12.1 Å². The van der Waals surface area contributed by atoms with E-state index in [-0.39, 0.29) is 5.91 Å². The molecule has 2 aromatic heterocycles. The Labute approximate surface area is 180 Å². The van der Waals surface area contributed by atoms with Crippen LogP contribution in [0.2, 0.25) is 0 Å². The van der Waals surface area contributed by atoms with Crippen molar-refractivity contribution in [3.8, 4) is 0 Å². The van der Waals surface area contributed by atoms with Gasteiger partial charge in [0.05, 0.1) is 5.56 Å². The van der Waals surface area contributed by atoms with Crippen LogP contribution in [-0.2, 0) is 0 Å². The molecule has 0 radical (unpaired) electrons. The Morgan fingerprint density at radius 2 is 1.90 bits per heavy atom. The van der Waals surface area contributed by atoms with Gasteiger partial charge in [0.25, 0.3) is 5.91 Å². The van der Waals surface area contributed by atoms with Crippen molar-refractivity contribution in [3.05, 3.63) is 59.6 Å². The number of rotatable bonds is 3. The molecule has 0 bridgehead atoms. The number of piperazine rings is 1. The Bertz CT molecular complexity index is 1210. The number of carbonyl (C=O) groups is 1. The highest BCUT2D eigenvalue weighted by Gasteiger charge is 2.27. The molecule has 2 aromatic carbocycles. The second-order valence-corrected chi connectivity index (χ2v) is 9.24. The predicted octanol–water partition coefficient (Wildman–Crippen LogP) is 5.16. The first-order valence-electron chi connectivity index (χ1n) is 10.4. The van der Waals surface area contributed by atoms with Gasteiger partial charge in [-0.1, -0.05) is 0 Å². The van der Waals surface area contributed by atoms with Crippen molar-refractivity contribution in [2.75, 3.05) is 30.4 Å². The smallest absolute Gasteiger partial charge is 0.257 e. The number of amides is 1. The number of aromatic amines is 1. The molecule has 6 heteroatoms. The lowest BCUT2D eigenvalue weighted by atomic mass is 10.1. The summed E-state index contributed by atoms with van der Waals surface area (Å²) in [5, 5.41) is 7.15. The number of nitrogens with one attached hydrogen (secondary N) is 2. The second-order valence-electron chi connectivity index (χ2n) is 8.33. The van der Waals surface area contributed by atoms with Crippen molar-refractivity contribution in [2.45, 2.75) is 25.9 Å². The molecule has 154 valence electrons. The van der Waals surface area contributed by atoms with Crippen LogP contribution >= 0.6 is 11.3 Å². The largest absolute Gasteiger partial charge is 0.368 e. The van der Waals surface area contributed by atoms with E-state index in [9.17, 15) is 4.79 Å². The zero-order valence-electron chi connectivity index (χ0n) is 17.5. The maximum Gasteiger partial charge on any atom is 0.257 e. The lowest BCUT2D eigenvalue weighted by Gasteiger charge is -2.43. The third-order valence-electron chi connectivity index (χ3n) is 6.34. The van der Waals surface area contributed by atoms with Crippen LogP contribution in [0, 0.1) is 0 Å². The summed E-state index contributed by atoms with van der Waals surface area (Å²) in [5.74, 6) is -0.0617. The average Bonchev–Trinajstić information content (AvgIpc) is 3.37. The van der Waals surface area contributed by atoms with Gasteiger partial charge in [0.15, 0.2) is 0 Å². The SMILES string of the molecule is C[C@@H]1CN(c2ccc3scc(C(=O)Nc4ccc5[nH]ccc5c4)c3c2)C[C@H](C)N1C. The topological polar surface area (TPSA) is 51.4 Å². The standard InChI is InChI=1S/C24H26N4OS/c1-15-12-28(13-16(2)27(15)3)19-5-7-23-20(11-19)21(14-30-23)24(29)26-18-4-6-22-17(10-18)8-9-25-22/h4-11,14-16,25H,12-13H2,1-3H3,(H,26,29)/t15-,16+. The predicted molar refractivity (Wildman–Crippen MR) is 127 cm³/mol. The first-order chi connectivity index (χ1) is 14.5. The van der Waals surface area contributed by atoms with Gasteiger partial charge in [-0.05, 0) is 63.4 Å². The molecule has 4 aromatic rings. The lowest BCUT2D eigenvalue weighted by molar-refractivity contribution is 0.102. The number of anilines is 2. The first kappa shape index (κ1) is 19.2. The quantitative estimate of drug-likeness (QED) is 0.483. The second kappa shape index (κ2) is 7.45. The number of aromatic nitrogens is 1. The Morgan fingerprint density at radius 1 is 1.10 bits per heavy atom. The summed E-state index contributed by atoms with van der Waals surface area (Å²) >= 11 is 1.62. The van der Waals surface area contributed by atoms with Gasteiger partial charge < -0.3 is 15.2 Å². The Balaban J connectivity index is 1.43. The fraction of sp³-hybridized carbons (Fsp3) is 0.292. The summed E-state index contributed by atoms with van der Waals surface area (Å²) < 4.78 is 1.14. The Morgan fingerprint density at radius 3 is 2.70 bits per heavy atom. The molecule has 0 unspecified atom stereocenters. The molecule has 30 heavy (non-hydrogen) atoms. The molecule has 1 fully saturated rings. The van der Waals surface area contributed by atoms with E-state index in [1.165, 1.54) is 5.69 Å². The van der Waals surface area contributed by atoms with E-state index in [0.717, 1.165) is 45.3 Å². The number of hydrogen-bond acceptors (Lipinski definition) is 4. The van der Waals surface area contributed by atoms with Gasteiger partial charge in [0.1, 0.15) is 0 Å². The highest BCUT2D eigenvalue weighted by Crippen LogP contribution is 2.32. The van der Waals surface area contributed by atoms with Crippen molar-refractivity contribution in [2.24, 2.45) is 0 Å². The van der Waals surface area contributed by atoms with Gasteiger partial charge in [-0.3, -0.25) is 9.69 Å². The van der Waals surface area contributed by atoms with Gasteiger partial charge in [-0.2, -0.15) is 0 Å². The Hall–Kier alpha value is -2.83. The van der Waals surface area contributed by atoms with E-state index in [2.05, 4.69) is 59.2 Å². The zero-order valence-corrected chi connectivity index (χ0v) is 18.3. The van der Waals surface area contributed by atoms with Gasteiger partial charge in [-0.25, -0.2) is 0 Å². The number of likely N-dealkylation sites (N-methyl/N-ethyl adjacent to an activating group) is 1. The molecule has 0 saturated carbocycles. The van der Waals surface area contributed by atoms with E-state index < -0.39 is 0 Å². The Kier molecular flexibility index (Phi) is 4.76. The first-order valence-corrected chi connectivity index (χ1v) is 11.2. The zero-order chi connectivity index (χ0) is 20.8.